The van der Waals surface area contributed by atoms with Crippen LogP contribution in [0.5, 0.6) is 11.5 Å². The summed E-state index contributed by atoms with van der Waals surface area (Å²) in [6.45, 7) is 1.50. The van der Waals surface area contributed by atoms with Crippen molar-refractivity contribution in [1.82, 2.24) is 0 Å². The van der Waals surface area contributed by atoms with Crippen LogP contribution in [-0.2, 0) is 4.74 Å². The van der Waals surface area contributed by atoms with Crippen LogP contribution in [0.1, 0.15) is 19.3 Å². The quantitative estimate of drug-likeness (QED) is 0.277. The average Bonchev–Trinajstić information content (AvgIpc) is 2.50. The molecule has 1 aromatic carbocycles. The Balaban J connectivity index is 0.00000441. The number of ether oxygens (including phenoxy) is 3. The number of hydrogen-bond donors (Lipinski definition) is 2. The minimum absolute atomic E-state index is 0. The number of hydrogen-bond acceptors (Lipinski definition) is 4. The van der Waals surface area contributed by atoms with Gasteiger partial charge in [-0.05, 0) is 31.4 Å². The highest BCUT2D eigenvalue weighted by molar-refractivity contribution is 14.0. The van der Waals surface area contributed by atoms with Crippen LogP contribution in [0.4, 0.5) is 5.69 Å². The summed E-state index contributed by atoms with van der Waals surface area (Å²) >= 11 is 0. The summed E-state index contributed by atoms with van der Waals surface area (Å²) in [5.41, 5.74) is 6.66. The lowest BCUT2D eigenvalue weighted by molar-refractivity contribution is 0.192. The van der Waals surface area contributed by atoms with E-state index in [0.29, 0.717) is 24.0 Å². The number of halogens is 1. The lowest BCUT2D eigenvalue weighted by Gasteiger charge is -2.10. The second-order valence-corrected chi connectivity index (χ2v) is 4.52. The SMILES string of the molecule is COCCCCCN=C(N)Nc1ccc(OC)c(OC)c1.I. The average molecular weight is 423 g/mol. The zero-order chi connectivity index (χ0) is 15.5. The topological polar surface area (TPSA) is 78.1 Å². The Morgan fingerprint density at radius 3 is 2.45 bits per heavy atom. The van der Waals surface area contributed by atoms with E-state index in [2.05, 4.69) is 10.3 Å². The third kappa shape index (κ3) is 7.69. The minimum Gasteiger partial charge on any atom is -0.493 e. The highest BCUT2D eigenvalue weighted by Gasteiger charge is 2.04. The van der Waals surface area contributed by atoms with E-state index in [9.17, 15) is 0 Å². The maximum absolute atomic E-state index is 5.85. The largest absolute Gasteiger partial charge is 0.493 e. The van der Waals surface area contributed by atoms with E-state index < -0.39 is 0 Å². The number of guanidine groups is 1. The molecule has 1 aromatic rings. The molecule has 0 atom stereocenters. The predicted octanol–water partition coefficient (Wildman–Crippen LogP) is 2.87. The fourth-order valence-corrected chi connectivity index (χ4v) is 1.84. The van der Waals surface area contributed by atoms with Crippen LogP contribution in [0.15, 0.2) is 23.2 Å². The maximum Gasteiger partial charge on any atom is 0.193 e. The number of anilines is 1. The van der Waals surface area contributed by atoms with E-state index in [0.717, 1.165) is 31.6 Å². The monoisotopic (exact) mass is 423 g/mol. The lowest BCUT2D eigenvalue weighted by atomic mass is 10.2. The molecule has 0 aliphatic carbocycles. The van der Waals surface area contributed by atoms with Gasteiger partial charge in [0, 0.05) is 32.0 Å². The maximum atomic E-state index is 5.85. The number of benzene rings is 1. The van der Waals surface area contributed by atoms with E-state index in [1.807, 2.05) is 18.2 Å². The number of unbranched alkanes of at least 4 members (excludes halogenated alkanes) is 2. The summed E-state index contributed by atoms with van der Waals surface area (Å²) in [7, 11) is 4.91. The highest BCUT2D eigenvalue weighted by atomic mass is 127. The van der Waals surface area contributed by atoms with Crippen LogP contribution in [0.25, 0.3) is 0 Å². The molecule has 1 rings (SSSR count). The number of rotatable bonds is 9. The fraction of sp³-hybridized carbons (Fsp3) is 0.533. The zero-order valence-electron chi connectivity index (χ0n) is 13.4. The smallest absolute Gasteiger partial charge is 0.193 e. The second kappa shape index (κ2) is 12.3. The van der Waals surface area contributed by atoms with E-state index in [4.69, 9.17) is 19.9 Å². The van der Waals surface area contributed by atoms with E-state index in [1.54, 1.807) is 21.3 Å². The summed E-state index contributed by atoms with van der Waals surface area (Å²) in [5.74, 6) is 1.72. The van der Waals surface area contributed by atoms with Gasteiger partial charge in [0.15, 0.2) is 17.5 Å². The van der Waals surface area contributed by atoms with Gasteiger partial charge in [0.25, 0.3) is 0 Å². The van der Waals surface area contributed by atoms with Crippen molar-refractivity contribution in [3.63, 3.8) is 0 Å². The molecule has 0 amide bonds. The molecule has 0 aromatic heterocycles. The van der Waals surface area contributed by atoms with Gasteiger partial charge in [-0.2, -0.15) is 0 Å². The molecule has 0 saturated heterocycles. The van der Waals surface area contributed by atoms with Gasteiger partial charge in [0.2, 0.25) is 0 Å². The number of nitrogens with one attached hydrogen (secondary N) is 1. The van der Waals surface area contributed by atoms with Gasteiger partial charge >= 0.3 is 0 Å². The van der Waals surface area contributed by atoms with E-state index in [-0.39, 0.29) is 24.0 Å². The first-order chi connectivity index (χ1) is 10.2. The van der Waals surface area contributed by atoms with Crippen molar-refractivity contribution < 1.29 is 14.2 Å². The molecule has 0 spiro atoms. The molecule has 0 unspecified atom stereocenters. The molecular formula is C15H26IN3O3. The number of methoxy groups -OCH3 is 3. The molecule has 0 heterocycles. The van der Waals surface area contributed by atoms with Crippen LogP contribution in [-0.4, -0.2) is 40.4 Å². The van der Waals surface area contributed by atoms with Crippen LogP contribution in [0, 0.1) is 0 Å². The molecule has 0 fully saturated rings. The van der Waals surface area contributed by atoms with Gasteiger partial charge in [-0.1, -0.05) is 0 Å². The Hall–Kier alpha value is -1.22. The first-order valence-corrected chi connectivity index (χ1v) is 6.99. The van der Waals surface area contributed by atoms with Gasteiger partial charge in [0.05, 0.1) is 14.2 Å². The van der Waals surface area contributed by atoms with Crippen LogP contribution in [0.3, 0.4) is 0 Å². The van der Waals surface area contributed by atoms with Gasteiger partial charge in [-0.15, -0.1) is 24.0 Å². The van der Waals surface area contributed by atoms with Gasteiger partial charge in [-0.3, -0.25) is 4.99 Å². The summed E-state index contributed by atoms with van der Waals surface area (Å²) in [4.78, 5) is 4.29. The second-order valence-electron chi connectivity index (χ2n) is 4.52. The molecule has 0 aliphatic heterocycles. The fourth-order valence-electron chi connectivity index (χ4n) is 1.84. The van der Waals surface area contributed by atoms with Crippen molar-refractivity contribution >= 4 is 35.6 Å². The molecule has 0 bridgehead atoms. The Bertz CT molecular complexity index is 456. The Morgan fingerprint density at radius 2 is 1.82 bits per heavy atom. The first-order valence-electron chi connectivity index (χ1n) is 6.99. The molecule has 3 N–H and O–H groups in total. The van der Waals surface area contributed by atoms with Gasteiger partial charge in [0.1, 0.15) is 0 Å². The molecule has 7 heteroatoms. The lowest BCUT2D eigenvalue weighted by Crippen LogP contribution is -2.22. The Kier molecular flexibility index (Phi) is 11.7. The van der Waals surface area contributed by atoms with Gasteiger partial charge < -0.3 is 25.3 Å². The molecule has 6 nitrogen and oxygen atoms in total. The zero-order valence-corrected chi connectivity index (χ0v) is 15.8. The predicted molar refractivity (Wildman–Crippen MR) is 101 cm³/mol. The molecule has 0 radical (unpaired) electrons. The first kappa shape index (κ1) is 20.8. The summed E-state index contributed by atoms with van der Waals surface area (Å²) in [6, 6.07) is 5.50. The summed E-state index contributed by atoms with van der Waals surface area (Å²) in [5, 5.41) is 3.04. The van der Waals surface area contributed by atoms with Crippen molar-refractivity contribution in [2.75, 3.05) is 39.8 Å². The van der Waals surface area contributed by atoms with Crippen molar-refractivity contribution in [3.05, 3.63) is 18.2 Å². The van der Waals surface area contributed by atoms with Crippen LogP contribution in [0.2, 0.25) is 0 Å². The van der Waals surface area contributed by atoms with Crippen molar-refractivity contribution in [1.29, 1.82) is 0 Å². The molecule has 126 valence electrons. The highest BCUT2D eigenvalue weighted by Crippen LogP contribution is 2.29. The number of aliphatic imine (C=N–C) groups is 1. The summed E-state index contributed by atoms with van der Waals surface area (Å²) in [6.07, 6.45) is 3.13. The van der Waals surface area contributed by atoms with Crippen molar-refractivity contribution in [2.24, 2.45) is 10.7 Å². The molecule has 22 heavy (non-hydrogen) atoms. The van der Waals surface area contributed by atoms with Crippen LogP contribution < -0.4 is 20.5 Å². The summed E-state index contributed by atoms with van der Waals surface area (Å²) < 4.78 is 15.4. The Morgan fingerprint density at radius 1 is 1.09 bits per heavy atom. The number of nitrogens with two attached hydrogens (primary N) is 1. The van der Waals surface area contributed by atoms with E-state index in [1.165, 1.54) is 0 Å². The third-order valence-electron chi connectivity index (χ3n) is 2.94. The van der Waals surface area contributed by atoms with Crippen molar-refractivity contribution in [3.8, 4) is 11.5 Å². The number of nitrogens with zero attached hydrogens (tertiary/aromatic N) is 1. The molecule has 0 aliphatic rings. The Labute approximate surface area is 149 Å². The minimum atomic E-state index is 0. The van der Waals surface area contributed by atoms with Gasteiger partial charge in [-0.25, -0.2) is 0 Å². The normalized spacial score (nSPS) is 10.8. The van der Waals surface area contributed by atoms with Crippen LogP contribution >= 0.6 is 24.0 Å². The van der Waals surface area contributed by atoms with E-state index >= 15 is 0 Å². The van der Waals surface area contributed by atoms with Crippen molar-refractivity contribution in [2.45, 2.75) is 19.3 Å². The standard InChI is InChI=1S/C15H25N3O3.HI/c1-19-10-6-4-5-9-17-15(16)18-12-7-8-13(20-2)14(11-12)21-3;/h7-8,11H,4-6,9-10H2,1-3H3,(H3,16,17,18);1H. The molecule has 0 saturated carbocycles. The molecular weight excluding hydrogens is 397 g/mol. The third-order valence-corrected chi connectivity index (χ3v) is 2.94.